The summed E-state index contributed by atoms with van der Waals surface area (Å²) >= 11 is 1.76. The van der Waals surface area contributed by atoms with E-state index in [-0.39, 0.29) is 11.9 Å². The van der Waals surface area contributed by atoms with E-state index in [0.29, 0.717) is 12.7 Å². The molecule has 0 N–H and O–H groups in total. The van der Waals surface area contributed by atoms with Gasteiger partial charge in [-0.1, -0.05) is 26.2 Å². The summed E-state index contributed by atoms with van der Waals surface area (Å²) in [6, 6.07) is 0. The van der Waals surface area contributed by atoms with E-state index < -0.39 is 0 Å². The summed E-state index contributed by atoms with van der Waals surface area (Å²) in [7, 11) is 1.74. The van der Waals surface area contributed by atoms with Crippen molar-refractivity contribution in [2.75, 3.05) is 19.5 Å². The number of aliphatic imine (C=N–C) groups is 1. The normalized spacial score (nSPS) is 23.8. The highest BCUT2D eigenvalue weighted by atomic mass is 32.2. The van der Waals surface area contributed by atoms with Gasteiger partial charge in [-0.05, 0) is 45.6 Å². The van der Waals surface area contributed by atoms with Crippen LogP contribution in [-0.2, 0) is 14.2 Å². The molecule has 1 aliphatic carbocycles. The minimum Gasteiger partial charge on any atom is -0.371 e. The minimum atomic E-state index is -0.147. The monoisotopic (exact) mass is 369 g/mol. The molecule has 1 fully saturated rings. The fourth-order valence-corrected chi connectivity index (χ4v) is 4.16. The molecule has 0 aromatic carbocycles. The van der Waals surface area contributed by atoms with E-state index in [4.69, 9.17) is 19.2 Å². The van der Waals surface area contributed by atoms with Gasteiger partial charge in [-0.2, -0.15) is 0 Å². The lowest BCUT2D eigenvalue weighted by molar-refractivity contribution is -0.147. The third-order valence-electron chi connectivity index (χ3n) is 4.87. The Morgan fingerprint density at radius 3 is 2.68 bits per heavy atom. The molecular formula is C20H35NO3S. The number of hydrogen-bond donors (Lipinski definition) is 0. The van der Waals surface area contributed by atoms with Crippen molar-refractivity contribution in [1.29, 1.82) is 0 Å². The zero-order valence-corrected chi connectivity index (χ0v) is 17.4. The lowest BCUT2D eigenvalue weighted by Crippen LogP contribution is -2.30. The topological polar surface area (TPSA) is 40.0 Å². The van der Waals surface area contributed by atoms with Crippen LogP contribution in [0.4, 0.5) is 0 Å². The van der Waals surface area contributed by atoms with E-state index in [1.165, 1.54) is 43.4 Å². The molecule has 0 saturated heterocycles. The van der Waals surface area contributed by atoms with Crippen molar-refractivity contribution in [3.63, 3.8) is 0 Å². The number of nitrogens with zero attached hydrogens (tertiary/aromatic N) is 1. The first-order valence-electron chi connectivity index (χ1n) is 9.64. The van der Waals surface area contributed by atoms with Gasteiger partial charge >= 0.3 is 0 Å². The van der Waals surface area contributed by atoms with Crippen LogP contribution < -0.4 is 0 Å². The highest BCUT2D eigenvalue weighted by Crippen LogP contribution is 2.30. The number of thioether (sulfide) groups is 1. The molecule has 0 amide bonds. The van der Waals surface area contributed by atoms with Crippen LogP contribution in [0.1, 0.15) is 72.6 Å². The van der Waals surface area contributed by atoms with Crippen molar-refractivity contribution in [2.24, 2.45) is 4.99 Å². The third kappa shape index (κ3) is 7.05. The van der Waals surface area contributed by atoms with Crippen molar-refractivity contribution >= 4 is 16.8 Å². The van der Waals surface area contributed by atoms with E-state index in [1.54, 1.807) is 18.9 Å². The van der Waals surface area contributed by atoms with Gasteiger partial charge in [0.1, 0.15) is 0 Å². The van der Waals surface area contributed by atoms with Crippen molar-refractivity contribution in [3.05, 3.63) is 11.3 Å². The Hall–Kier alpha value is -0.360. The quantitative estimate of drug-likeness (QED) is 0.346. The van der Waals surface area contributed by atoms with Gasteiger partial charge in [-0.15, -0.1) is 11.8 Å². The van der Waals surface area contributed by atoms with Crippen molar-refractivity contribution < 1.29 is 14.2 Å². The first kappa shape index (κ1) is 20.9. The zero-order chi connectivity index (χ0) is 18.3. The minimum absolute atomic E-state index is 0.124. The molecule has 1 aliphatic heterocycles. The SMILES string of the molecule is CCC(=NC1=C(C)COC(C)(C)C1)SCC(OC)OC1CCCCC1. The zero-order valence-electron chi connectivity index (χ0n) is 16.6. The maximum Gasteiger partial charge on any atom is 0.166 e. The Balaban J connectivity index is 1.91. The van der Waals surface area contributed by atoms with Crippen LogP contribution in [0.15, 0.2) is 16.3 Å². The Morgan fingerprint density at radius 2 is 2.04 bits per heavy atom. The van der Waals surface area contributed by atoms with Gasteiger partial charge in [-0.25, -0.2) is 0 Å². The van der Waals surface area contributed by atoms with Crippen LogP contribution in [0.25, 0.3) is 0 Å². The van der Waals surface area contributed by atoms with E-state index in [1.807, 2.05) is 0 Å². The summed E-state index contributed by atoms with van der Waals surface area (Å²) in [6.07, 6.45) is 8.25. The molecule has 2 rings (SSSR count). The molecule has 25 heavy (non-hydrogen) atoms. The van der Waals surface area contributed by atoms with E-state index >= 15 is 0 Å². The molecule has 0 spiro atoms. The molecule has 144 valence electrons. The summed E-state index contributed by atoms with van der Waals surface area (Å²) in [5.41, 5.74) is 2.30. The van der Waals surface area contributed by atoms with Crippen molar-refractivity contribution in [2.45, 2.75) is 90.6 Å². The molecule has 0 aromatic heterocycles. The van der Waals surface area contributed by atoms with E-state index in [2.05, 4.69) is 27.7 Å². The first-order valence-corrected chi connectivity index (χ1v) is 10.6. The molecule has 1 atom stereocenters. The number of ether oxygens (including phenoxy) is 3. The Bertz CT molecular complexity index is 481. The first-order chi connectivity index (χ1) is 11.9. The molecule has 5 heteroatoms. The van der Waals surface area contributed by atoms with Crippen molar-refractivity contribution in [3.8, 4) is 0 Å². The second kappa shape index (κ2) is 10.1. The molecule has 0 aromatic rings. The van der Waals surface area contributed by atoms with Gasteiger partial charge in [0.05, 0.1) is 29.1 Å². The molecule has 2 aliphatic rings. The fourth-order valence-electron chi connectivity index (χ4n) is 3.23. The predicted molar refractivity (Wildman–Crippen MR) is 106 cm³/mol. The highest BCUT2D eigenvalue weighted by molar-refractivity contribution is 8.13. The maximum atomic E-state index is 6.15. The van der Waals surface area contributed by atoms with Gasteiger partial charge < -0.3 is 14.2 Å². The standard InChI is InChI=1S/C20H35NO3S/c1-6-18(21-17-12-20(3,4)23-13-15(17)2)25-14-19(22-5)24-16-10-8-7-9-11-16/h16,19H,6-14H2,1-5H3. The summed E-state index contributed by atoms with van der Waals surface area (Å²) in [5, 5.41) is 1.15. The molecule has 4 nitrogen and oxygen atoms in total. The van der Waals surface area contributed by atoms with Gasteiger partial charge in [-0.3, -0.25) is 4.99 Å². The molecular weight excluding hydrogens is 334 g/mol. The average Bonchev–Trinajstić information content (AvgIpc) is 2.61. The van der Waals surface area contributed by atoms with Crippen molar-refractivity contribution in [1.82, 2.24) is 0 Å². The maximum absolute atomic E-state index is 6.15. The lowest BCUT2D eigenvalue weighted by Gasteiger charge is -2.31. The van der Waals surface area contributed by atoms with Gasteiger partial charge in [0, 0.05) is 19.2 Å². The van der Waals surface area contributed by atoms with Crippen LogP contribution in [0.2, 0.25) is 0 Å². The second-order valence-corrected chi connectivity index (χ2v) is 8.78. The summed E-state index contributed by atoms with van der Waals surface area (Å²) in [6.45, 7) is 9.23. The molecule has 1 heterocycles. The average molecular weight is 370 g/mol. The van der Waals surface area contributed by atoms with E-state index in [9.17, 15) is 0 Å². The van der Waals surface area contributed by atoms with Gasteiger partial charge in [0.25, 0.3) is 0 Å². The fraction of sp³-hybridized carbons (Fsp3) is 0.850. The third-order valence-corrected chi connectivity index (χ3v) is 6.02. The van der Waals surface area contributed by atoms with Crippen LogP contribution >= 0.6 is 11.8 Å². The number of methoxy groups -OCH3 is 1. The molecule has 1 unspecified atom stereocenters. The largest absolute Gasteiger partial charge is 0.371 e. The number of hydrogen-bond acceptors (Lipinski definition) is 5. The Kier molecular flexibility index (Phi) is 8.46. The van der Waals surface area contributed by atoms with E-state index in [0.717, 1.165) is 23.6 Å². The molecule has 1 saturated carbocycles. The van der Waals surface area contributed by atoms with Crippen LogP contribution in [0.5, 0.6) is 0 Å². The summed E-state index contributed by atoms with van der Waals surface area (Å²) < 4.78 is 17.6. The van der Waals surface area contributed by atoms with Crippen LogP contribution in [0, 0.1) is 0 Å². The summed E-state index contributed by atoms with van der Waals surface area (Å²) in [4.78, 5) is 4.95. The molecule has 0 bridgehead atoms. The lowest BCUT2D eigenvalue weighted by atomic mass is 9.97. The van der Waals surface area contributed by atoms with Gasteiger partial charge in [0.2, 0.25) is 0 Å². The van der Waals surface area contributed by atoms with Gasteiger partial charge in [0.15, 0.2) is 6.29 Å². The smallest absolute Gasteiger partial charge is 0.166 e. The van der Waals surface area contributed by atoms with Crippen LogP contribution in [0.3, 0.4) is 0 Å². The molecule has 0 radical (unpaired) electrons. The predicted octanol–water partition coefficient (Wildman–Crippen LogP) is 5.32. The summed E-state index contributed by atoms with van der Waals surface area (Å²) in [5.74, 6) is 0.798. The van der Waals surface area contributed by atoms with Crippen LogP contribution in [-0.4, -0.2) is 42.5 Å². The number of rotatable bonds is 7. The highest BCUT2D eigenvalue weighted by Gasteiger charge is 2.26. The Morgan fingerprint density at radius 1 is 1.32 bits per heavy atom. The Labute approximate surface area is 157 Å². The second-order valence-electron chi connectivity index (χ2n) is 7.68.